The Labute approximate surface area is 142 Å². The number of ether oxygens (including phenoxy) is 2. The summed E-state index contributed by atoms with van der Waals surface area (Å²) in [5, 5.41) is 9.84. The zero-order valence-electron chi connectivity index (χ0n) is 13.7. The molecule has 0 aliphatic rings. The molecular weight excluding hydrogens is 314 g/mol. The van der Waals surface area contributed by atoms with Crippen LogP contribution in [-0.4, -0.2) is 37.8 Å². The largest absolute Gasteiger partial charge is 0.506 e. The molecule has 0 saturated heterocycles. The van der Waals surface area contributed by atoms with Crippen LogP contribution < -0.4 is 9.47 Å². The average molecular weight is 336 g/mol. The van der Waals surface area contributed by atoms with Crippen LogP contribution in [0.1, 0.15) is 11.1 Å². The lowest BCUT2D eigenvalue weighted by molar-refractivity contribution is 0.330. The van der Waals surface area contributed by atoms with E-state index in [-0.39, 0.29) is 5.75 Å². The van der Waals surface area contributed by atoms with Crippen LogP contribution in [0.4, 0.5) is 0 Å². The van der Waals surface area contributed by atoms with Crippen molar-refractivity contribution in [1.29, 1.82) is 0 Å². The van der Waals surface area contributed by atoms with Crippen molar-refractivity contribution >= 4 is 11.6 Å². The molecule has 0 aromatic heterocycles. The highest BCUT2D eigenvalue weighted by atomic mass is 35.5. The maximum Gasteiger partial charge on any atom is 0.160 e. The molecule has 0 heterocycles. The fraction of sp³-hybridized carbons (Fsp3) is 0.333. The van der Waals surface area contributed by atoms with E-state index in [1.807, 2.05) is 24.3 Å². The summed E-state index contributed by atoms with van der Waals surface area (Å²) in [5.74, 6) is 1.60. The molecule has 0 fully saturated rings. The molecule has 4 nitrogen and oxygen atoms in total. The molecule has 1 N–H and O–H groups in total. The van der Waals surface area contributed by atoms with Crippen molar-refractivity contribution in [2.24, 2.45) is 0 Å². The van der Waals surface area contributed by atoms with Crippen LogP contribution in [0.5, 0.6) is 17.2 Å². The number of halogens is 1. The number of phenolic OH excluding ortho intramolecular Hbond substituents is 1. The third-order valence-corrected chi connectivity index (χ3v) is 4.00. The number of hydrogen-bond acceptors (Lipinski definition) is 4. The summed E-state index contributed by atoms with van der Waals surface area (Å²) in [5.41, 5.74) is 2.26. The zero-order chi connectivity index (χ0) is 16.8. The van der Waals surface area contributed by atoms with E-state index in [9.17, 15) is 5.11 Å². The summed E-state index contributed by atoms with van der Waals surface area (Å²) in [7, 11) is 5.33. The van der Waals surface area contributed by atoms with Crippen LogP contribution >= 0.6 is 11.6 Å². The van der Waals surface area contributed by atoms with E-state index in [0.717, 1.165) is 36.6 Å². The van der Waals surface area contributed by atoms with Crippen molar-refractivity contribution < 1.29 is 14.6 Å². The summed E-state index contributed by atoms with van der Waals surface area (Å²) in [4.78, 5) is 2.21. The maximum absolute atomic E-state index is 9.45. The minimum Gasteiger partial charge on any atom is -0.506 e. The lowest BCUT2D eigenvalue weighted by Crippen LogP contribution is -2.20. The van der Waals surface area contributed by atoms with E-state index in [2.05, 4.69) is 11.9 Å². The topological polar surface area (TPSA) is 41.9 Å². The number of aromatic hydroxyl groups is 1. The molecule has 0 amide bonds. The van der Waals surface area contributed by atoms with E-state index in [1.165, 1.54) is 5.56 Å². The second-order valence-corrected chi connectivity index (χ2v) is 5.87. The molecule has 0 spiro atoms. The Morgan fingerprint density at radius 1 is 1.00 bits per heavy atom. The molecule has 0 bridgehead atoms. The SMILES string of the molecule is COc1ccc(CCN(C)Cc2ccc(O)c(Cl)c2)cc1OC. The number of nitrogens with zero attached hydrogens (tertiary/aromatic N) is 1. The van der Waals surface area contributed by atoms with Gasteiger partial charge in [0, 0.05) is 13.1 Å². The van der Waals surface area contributed by atoms with Crippen molar-refractivity contribution in [3.63, 3.8) is 0 Å². The second-order valence-electron chi connectivity index (χ2n) is 5.46. The van der Waals surface area contributed by atoms with E-state index < -0.39 is 0 Å². The monoisotopic (exact) mass is 335 g/mol. The molecule has 2 rings (SSSR count). The molecule has 0 atom stereocenters. The molecule has 23 heavy (non-hydrogen) atoms. The molecule has 124 valence electrons. The first-order valence-corrected chi connectivity index (χ1v) is 7.78. The van der Waals surface area contributed by atoms with Crippen molar-refractivity contribution in [3.8, 4) is 17.2 Å². The maximum atomic E-state index is 9.45. The standard InChI is InChI=1S/C18H22ClNO3/c1-20(12-14-4-6-16(21)15(19)10-14)9-8-13-5-7-17(22-2)18(11-13)23-3/h4-7,10-11,21H,8-9,12H2,1-3H3. The highest BCUT2D eigenvalue weighted by Gasteiger charge is 2.07. The highest BCUT2D eigenvalue weighted by molar-refractivity contribution is 6.32. The van der Waals surface area contributed by atoms with Crippen LogP contribution in [0.25, 0.3) is 0 Å². The molecule has 0 aliphatic heterocycles. The fourth-order valence-electron chi connectivity index (χ4n) is 2.40. The van der Waals surface area contributed by atoms with E-state index in [4.69, 9.17) is 21.1 Å². The van der Waals surface area contributed by atoms with E-state index in [0.29, 0.717) is 5.02 Å². The quantitative estimate of drug-likeness (QED) is 0.837. The molecule has 0 unspecified atom stereocenters. The van der Waals surface area contributed by atoms with Crippen LogP contribution in [0.2, 0.25) is 5.02 Å². The van der Waals surface area contributed by atoms with Crippen molar-refractivity contribution in [2.75, 3.05) is 27.8 Å². The normalized spacial score (nSPS) is 10.8. The van der Waals surface area contributed by atoms with Gasteiger partial charge in [-0.1, -0.05) is 23.7 Å². The molecule has 0 aliphatic carbocycles. The Bertz CT molecular complexity index is 661. The van der Waals surface area contributed by atoms with Crippen LogP contribution in [0.3, 0.4) is 0 Å². The molecule has 2 aromatic rings. The van der Waals surface area contributed by atoms with Crippen molar-refractivity contribution in [2.45, 2.75) is 13.0 Å². The average Bonchev–Trinajstić information content (AvgIpc) is 2.56. The number of benzene rings is 2. The molecule has 5 heteroatoms. The van der Waals surface area contributed by atoms with Gasteiger partial charge in [0.15, 0.2) is 11.5 Å². The highest BCUT2D eigenvalue weighted by Crippen LogP contribution is 2.28. The van der Waals surface area contributed by atoms with Crippen LogP contribution in [-0.2, 0) is 13.0 Å². The predicted octanol–water partition coefficient (Wildman–Crippen LogP) is 3.74. The number of hydrogen-bond donors (Lipinski definition) is 1. The summed E-state index contributed by atoms with van der Waals surface area (Å²) in [6.07, 6.45) is 0.905. The van der Waals surface area contributed by atoms with Gasteiger partial charge in [-0.25, -0.2) is 0 Å². The second kappa shape index (κ2) is 8.09. The van der Waals surface area contributed by atoms with Gasteiger partial charge in [-0.3, -0.25) is 0 Å². The van der Waals surface area contributed by atoms with Gasteiger partial charge in [-0.2, -0.15) is 0 Å². The van der Waals surface area contributed by atoms with Gasteiger partial charge in [0.1, 0.15) is 5.75 Å². The molecule has 0 radical (unpaired) electrons. The number of methoxy groups -OCH3 is 2. The van der Waals surface area contributed by atoms with Gasteiger partial charge in [0.05, 0.1) is 19.2 Å². The van der Waals surface area contributed by atoms with Crippen molar-refractivity contribution in [3.05, 3.63) is 52.5 Å². The Hall–Kier alpha value is -1.91. The summed E-state index contributed by atoms with van der Waals surface area (Å²) >= 11 is 5.94. The molecule has 0 saturated carbocycles. The third-order valence-electron chi connectivity index (χ3n) is 3.69. The van der Waals surface area contributed by atoms with Crippen molar-refractivity contribution in [1.82, 2.24) is 4.90 Å². The first-order chi connectivity index (χ1) is 11.0. The smallest absolute Gasteiger partial charge is 0.160 e. The van der Waals surface area contributed by atoms with Gasteiger partial charge in [-0.15, -0.1) is 0 Å². The predicted molar refractivity (Wildman–Crippen MR) is 92.7 cm³/mol. The Morgan fingerprint density at radius 3 is 2.35 bits per heavy atom. The Kier molecular flexibility index (Phi) is 6.13. The van der Waals surface area contributed by atoms with Gasteiger partial charge in [0.2, 0.25) is 0 Å². The third kappa shape index (κ3) is 4.78. The van der Waals surface area contributed by atoms with Crippen LogP contribution in [0.15, 0.2) is 36.4 Å². The summed E-state index contributed by atoms with van der Waals surface area (Å²) in [6, 6.07) is 11.3. The van der Waals surface area contributed by atoms with Gasteiger partial charge in [-0.05, 0) is 48.9 Å². The first-order valence-electron chi connectivity index (χ1n) is 7.40. The number of rotatable bonds is 7. The summed E-state index contributed by atoms with van der Waals surface area (Å²) < 4.78 is 10.6. The number of likely N-dealkylation sites (N-methyl/N-ethyl adjacent to an activating group) is 1. The minimum absolute atomic E-state index is 0.114. The minimum atomic E-state index is 0.114. The van der Waals surface area contributed by atoms with E-state index >= 15 is 0 Å². The zero-order valence-corrected chi connectivity index (χ0v) is 14.4. The van der Waals surface area contributed by atoms with Crippen LogP contribution in [0, 0.1) is 0 Å². The fourth-order valence-corrected chi connectivity index (χ4v) is 2.60. The molecule has 2 aromatic carbocycles. The lowest BCUT2D eigenvalue weighted by atomic mass is 10.1. The molecular formula is C18H22ClNO3. The Balaban J connectivity index is 1.93. The lowest BCUT2D eigenvalue weighted by Gasteiger charge is -2.17. The van der Waals surface area contributed by atoms with Gasteiger partial charge >= 0.3 is 0 Å². The van der Waals surface area contributed by atoms with Gasteiger partial charge in [0.25, 0.3) is 0 Å². The van der Waals surface area contributed by atoms with E-state index in [1.54, 1.807) is 26.4 Å². The summed E-state index contributed by atoms with van der Waals surface area (Å²) in [6.45, 7) is 1.67. The number of phenols is 1. The van der Waals surface area contributed by atoms with Gasteiger partial charge < -0.3 is 19.5 Å². The Morgan fingerprint density at radius 2 is 1.70 bits per heavy atom. The first kappa shape index (κ1) is 17.4.